The van der Waals surface area contributed by atoms with Gasteiger partial charge in [-0.2, -0.15) is 5.10 Å². The lowest BCUT2D eigenvalue weighted by atomic mass is 10.2. The van der Waals surface area contributed by atoms with Gasteiger partial charge in [-0.05, 0) is 11.6 Å². The second-order valence-electron chi connectivity index (χ2n) is 5.10. The lowest BCUT2D eigenvalue weighted by Gasteiger charge is -2.25. The van der Waals surface area contributed by atoms with Crippen LogP contribution in [0.2, 0.25) is 0 Å². The Morgan fingerprint density at radius 3 is 2.76 bits per heavy atom. The highest BCUT2D eigenvalue weighted by Gasteiger charge is 2.13. The number of hydrogen-bond donors (Lipinski definition) is 1. The molecule has 2 rings (SSSR count). The van der Waals surface area contributed by atoms with E-state index in [2.05, 4.69) is 22.1 Å². The fourth-order valence-electron chi connectivity index (χ4n) is 2.28. The van der Waals surface area contributed by atoms with Gasteiger partial charge in [0, 0.05) is 39.1 Å². The average Bonchev–Trinajstić information content (AvgIpc) is 2.98. The summed E-state index contributed by atoms with van der Waals surface area (Å²) in [5.41, 5.74) is 1.24. The Labute approximate surface area is 125 Å². The molecule has 0 saturated carbocycles. The maximum Gasteiger partial charge on any atom is 0.0862 e. The van der Waals surface area contributed by atoms with Gasteiger partial charge in [-0.3, -0.25) is 9.58 Å². The van der Waals surface area contributed by atoms with E-state index in [0.717, 1.165) is 13.1 Å². The minimum atomic E-state index is -0.453. The van der Waals surface area contributed by atoms with Gasteiger partial charge in [-0.25, -0.2) is 0 Å². The van der Waals surface area contributed by atoms with Crippen molar-refractivity contribution < 1.29 is 9.84 Å². The highest BCUT2D eigenvalue weighted by Crippen LogP contribution is 2.06. The number of hydrogen-bond acceptors (Lipinski definition) is 4. The molecule has 2 aromatic rings. The molecule has 0 saturated heterocycles. The minimum Gasteiger partial charge on any atom is -0.390 e. The molecule has 0 aliphatic heterocycles. The molecule has 1 aromatic carbocycles. The van der Waals surface area contributed by atoms with E-state index in [-0.39, 0.29) is 0 Å². The first-order valence-corrected chi connectivity index (χ1v) is 7.18. The van der Waals surface area contributed by atoms with E-state index in [4.69, 9.17) is 4.74 Å². The van der Waals surface area contributed by atoms with Gasteiger partial charge in [-0.1, -0.05) is 30.3 Å². The van der Waals surface area contributed by atoms with Crippen LogP contribution in [-0.2, 0) is 17.8 Å². The Morgan fingerprint density at radius 1 is 1.29 bits per heavy atom. The Morgan fingerprint density at radius 2 is 2.10 bits per heavy atom. The first-order chi connectivity index (χ1) is 10.3. The van der Waals surface area contributed by atoms with Crippen molar-refractivity contribution in [3.63, 3.8) is 0 Å². The molecule has 0 bridgehead atoms. The van der Waals surface area contributed by atoms with Crippen LogP contribution in [0, 0.1) is 0 Å². The van der Waals surface area contributed by atoms with Crippen molar-refractivity contribution in [3.8, 4) is 0 Å². The van der Waals surface area contributed by atoms with Crippen molar-refractivity contribution in [2.24, 2.45) is 0 Å². The molecule has 0 aliphatic rings. The van der Waals surface area contributed by atoms with Crippen LogP contribution in [0.1, 0.15) is 5.56 Å². The largest absolute Gasteiger partial charge is 0.390 e. The molecule has 114 valence electrons. The molecule has 21 heavy (non-hydrogen) atoms. The van der Waals surface area contributed by atoms with Gasteiger partial charge in [0.1, 0.15) is 0 Å². The van der Waals surface area contributed by atoms with Gasteiger partial charge in [0.05, 0.1) is 19.3 Å². The molecule has 0 aliphatic carbocycles. The van der Waals surface area contributed by atoms with Crippen LogP contribution in [0.15, 0.2) is 48.8 Å². The van der Waals surface area contributed by atoms with Crippen molar-refractivity contribution in [1.29, 1.82) is 0 Å². The summed E-state index contributed by atoms with van der Waals surface area (Å²) in [7, 11) is 1.70. The van der Waals surface area contributed by atoms with E-state index in [1.165, 1.54) is 5.56 Å². The Bertz CT molecular complexity index is 487. The van der Waals surface area contributed by atoms with Crippen LogP contribution in [0.3, 0.4) is 0 Å². The maximum absolute atomic E-state index is 10.2. The highest BCUT2D eigenvalue weighted by atomic mass is 16.5. The SMILES string of the molecule is COCCN(Cc1ccccc1)C[C@H](O)Cn1cccn1. The molecule has 0 spiro atoms. The molecule has 5 heteroatoms. The number of methoxy groups -OCH3 is 1. The lowest BCUT2D eigenvalue weighted by Crippen LogP contribution is -2.36. The quantitative estimate of drug-likeness (QED) is 0.758. The van der Waals surface area contributed by atoms with Gasteiger partial charge in [-0.15, -0.1) is 0 Å². The molecule has 0 fully saturated rings. The predicted octanol–water partition coefficient (Wildman–Crippen LogP) is 1.39. The second-order valence-corrected chi connectivity index (χ2v) is 5.10. The molecular formula is C16H23N3O2. The number of nitrogens with zero attached hydrogens (tertiary/aromatic N) is 3. The summed E-state index contributed by atoms with van der Waals surface area (Å²) in [6.45, 7) is 3.35. The fraction of sp³-hybridized carbons (Fsp3) is 0.438. The Kier molecular flexibility index (Phi) is 6.40. The summed E-state index contributed by atoms with van der Waals surface area (Å²) >= 11 is 0. The lowest BCUT2D eigenvalue weighted by molar-refractivity contribution is 0.0734. The molecular weight excluding hydrogens is 266 g/mol. The van der Waals surface area contributed by atoms with Crippen molar-refractivity contribution in [2.75, 3.05) is 26.8 Å². The predicted molar refractivity (Wildman–Crippen MR) is 81.8 cm³/mol. The van der Waals surface area contributed by atoms with Gasteiger partial charge in [0.25, 0.3) is 0 Å². The van der Waals surface area contributed by atoms with Gasteiger partial charge >= 0.3 is 0 Å². The third-order valence-corrected chi connectivity index (χ3v) is 3.29. The minimum absolute atomic E-state index is 0.453. The van der Waals surface area contributed by atoms with Crippen molar-refractivity contribution in [1.82, 2.24) is 14.7 Å². The maximum atomic E-state index is 10.2. The van der Waals surface area contributed by atoms with Crippen LogP contribution in [-0.4, -0.2) is 52.7 Å². The molecule has 0 radical (unpaired) electrons. The molecule has 1 heterocycles. The third kappa shape index (κ3) is 5.67. The molecule has 0 amide bonds. The summed E-state index contributed by atoms with van der Waals surface area (Å²) < 4.78 is 6.91. The van der Waals surface area contributed by atoms with E-state index < -0.39 is 6.10 Å². The standard InChI is InChI=1S/C16H23N3O2/c1-21-11-10-18(12-15-6-3-2-4-7-15)13-16(20)14-19-9-5-8-17-19/h2-9,16,20H,10-14H2,1H3/t16-/m0/s1. The number of rotatable bonds is 9. The van der Waals surface area contributed by atoms with Crippen molar-refractivity contribution in [2.45, 2.75) is 19.2 Å². The number of aliphatic hydroxyl groups is 1. The van der Waals surface area contributed by atoms with E-state index >= 15 is 0 Å². The summed E-state index contributed by atoms with van der Waals surface area (Å²) in [6, 6.07) is 12.1. The van der Waals surface area contributed by atoms with Crippen LogP contribution < -0.4 is 0 Å². The van der Waals surface area contributed by atoms with Gasteiger partial charge in [0.15, 0.2) is 0 Å². The summed E-state index contributed by atoms with van der Waals surface area (Å²) in [5.74, 6) is 0. The fourth-order valence-corrected chi connectivity index (χ4v) is 2.28. The molecule has 1 N–H and O–H groups in total. The Balaban J connectivity index is 1.89. The zero-order valence-corrected chi connectivity index (χ0v) is 12.4. The van der Waals surface area contributed by atoms with E-state index in [9.17, 15) is 5.11 Å². The van der Waals surface area contributed by atoms with Gasteiger partial charge < -0.3 is 9.84 Å². The average molecular weight is 289 g/mol. The normalized spacial score (nSPS) is 12.7. The first-order valence-electron chi connectivity index (χ1n) is 7.18. The zero-order chi connectivity index (χ0) is 14.9. The second kappa shape index (κ2) is 8.56. The molecule has 1 atom stereocenters. The zero-order valence-electron chi connectivity index (χ0n) is 12.4. The van der Waals surface area contributed by atoms with Crippen LogP contribution in [0.4, 0.5) is 0 Å². The summed E-state index contributed by atoms with van der Waals surface area (Å²) in [4.78, 5) is 2.20. The topological polar surface area (TPSA) is 50.5 Å². The van der Waals surface area contributed by atoms with E-state index in [0.29, 0.717) is 19.7 Å². The monoisotopic (exact) mass is 289 g/mol. The van der Waals surface area contributed by atoms with Crippen LogP contribution in [0.5, 0.6) is 0 Å². The van der Waals surface area contributed by atoms with Crippen LogP contribution in [0.25, 0.3) is 0 Å². The molecule has 5 nitrogen and oxygen atoms in total. The molecule has 1 aromatic heterocycles. The molecule has 0 unspecified atom stereocenters. The van der Waals surface area contributed by atoms with E-state index in [1.807, 2.05) is 30.5 Å². The van der Waals surface area contributed by atoms with Crippen molar-refractivity contribution >= 4 is 0 Å². The smallest absolute Gasteiger partial charge is 0.0862 e. The third-order valence-electron chi connectivity index (χ3n) is 3.29. The highest BCUT2D eigenvalue weighted by molar-refractivity contribution is 5.14. The first kappa shape index (κ1) is 15.7. The number of ether oxygens (including phenoxy) is 1. The van der Waals surface area contributed by atoms with Crippen molar-refractivity contribution in [3.05, 3.63) is 54.4 Å². The van der Waals surface area contributed by atoms with E-state index in [1.54, 1.807) is 18.0 Å². The number of aromatic nitrogens is 2. The number of aliphatic hydroxyl groups excluding tert-OH is 1. The van der Waals surface area contributed by atoms with Crippen LogP contribution >= 0.6 is 0 Å². The summed E-state index contributed by atoms with van der Waals surface area (Å²) in [6.07, 6.45) is 3.13. The Hall–Kier alpha value is -1.69. The van der Waals surface area contributed by atoms with Gasteiger partial charge in [0.2, 0.25) is 0 Å². The summed E-state index contributed by atoms with van der Waals surface area (Å²) in [5, 5.41) is 14.3. The number of benzene rings is 1.